The number of aromatic nitrogens is 1. The minimum Gasteiger partial charge on any atom is -0.336 e. The molecule has 1 aromatic heterocycles. The smallest absolute Gasteiger partial charge is 0.223 e. The van der Waals surface area contributed by atoms with Gasteiger partial charge in [-0.05, 0) is 44.2 Å². The first-order chi connectivity index (χ1) is 10.1. The number of nitrogens with two attached hydrogens (primary N) is 1. The molecule has 1 fully saturated rings. The number of hydrogen-bond acceptors (Lipinski definition) is 3. The Morgan fingerprint density at radius 2 is 2.19 bits per heavy atom. The first kappa shape index (κ1) is 16.0. The molecule has 1 aromatic rings. The van der Waals surface area contributed by atoms with Crippen molar-refractivity contribution in [3.8, 4) is 0 Å². The zero-order valence-corrected chi connectivity index (χ0v) is 13.2. The minimum atomic E-state index is 0.190. The number of nitrogens with zero attached hydrogens (tertiary/aromatic N) is 2. The summed E-state index contributed by atoms with van der Waals surface area (Å²) in [6.45, 7) is 4.76. The van der Waals surface area contributed by atoms with Gasteiger partial charge in [0.15, 0.2) is 0 Å². The third kappa shape index (κ3) is 4.53. The molecule has 21 heavy (non-hydrogen) atoms. The number of carbonyl (C=O) groups is 1. The predicted molar refractivity (Wildman–Crippen MR) is 84.5 cm³/mol. The fraction of sp³-hybridized carbons (Fsp3) is 0.647. The Kier molecular flexibility index (Phi) is 5.74. The van der Waals surface area contributed by atoms with Crippen LogP contribution in [-0.2, 0) is 11.3 Å². The largest absolute Gasteiger partial charge is 0.336 e. The van der Waals surface area contributed by atoms with Gasteiger partial charge >= 0.3 is 0 Å². The number of amides is 1. The second kappa shape index (κ2) is 7.55. The highest BCUT2D eigenvalue weighted by Gasteiger charge is 2.27. The third-order valence-corrected chi connectivity index (χ3v) is 4.42. The fourth-order valence-electron chi connectivity index (χ4n) is 3.08. The van der Waals surface area contributed by atoms with Crippen LogP contribution in [0.25, 0.3) is 0 Å². The summed E-state index contributed by atoms with van der Waals surface area (Å²) in [5, 5.41) is 0. The van der Waals surface area contributed by atoms with Gasteiger partial charge in [0.1, 0.15) is 0 Å². The second-order valence-electron chi connectivity index (χ2n) is 6.39. The first-order valence-corrected chi connectivity index (χ1v) is 8.02. The van der Waals surface area contributed by atoms with E-state index in [1.807, 2.05) is 23.2 Å². The standard InChI is InChI=1S/C17H27N3O/c1-13(2)20(12-14-6-5-9-19-11-14)17(21)10-15-7-3-4-8-16(15)18/h5-6,9,11,13,15-16H,3-4,7-8,10,12,18H2,1-2H3. The van der Waals surface area contributed by atoms with Gasteiger partial charge in [-0.3, -0.25) is 9.78 Å². The van der Waals surface area contributed by atoms with Crippen LogP contribution in [-0.4, -0.2) is 27.9 Å². The van der Waals surface area contributed by atoms with Gasteiger partial charge in [-0.15, -0.1) is 0 Å². The maximum Gasteiger partial charge on any atom is 0.223 e. The van der Waals surface area contributed by atoms with Crippen molar-refractivity contribution in [3.05, 3.63) is 30.1 Å². The van der Waals surface area contributed by atoms with Gasteiger partial charge in [-0.2, -0.15) is 0 Å². The maximum atomic E-state index is 12.7. The number of pyridine rings is 1. The highest BCUT2D eigenvalue weighted by atomic mass is 16.2. The van der Waals surface area contributed by atoms with E-state index in [-0.39, 0.29) is 18.0 Å². The van der Waals surface area contributed by atoms with Crippen LogP contribution >= 0.6 is 0 Å². The fourth-order valence-corrected chi connectivity index (χ4v) is 3.08. The van der Waals surface area contributed by atoms with E-state index in [4.69, 9.17) is 5.73 Å². The summed E-state index contributed by atoms with van der Waals surface area (Å²) in [6.07, 6.45) is 8.72. The monoisotopic (exact) mass is 289 g/mol. The molecule has 1 saturated carbocycles. The number of carbonyl (C=O) groups excluding carboxylic acids is 1. The molecule has 0 radical (unpaired) electrons. The van der Waals surface area contributed by atoms with Crippen LogP contribution in [0.2, 0.25) is 0 Å². The van der Waals surface area contributed by atoms with Crippen molar-refractivity contribution in [2.45, 2.75) is 64.6 Å². The highest BCUT2D eigenvalue weighted by molar-refractivity contribution is 5.76. The molecule has 4 nitrogen and oxygen atoms in total. The van der Waals surface area contributed by atoms with Crippen LogP contribution in [0.15, 0.2) is 24.5 Å². The molecule has 2 atom stereocenters. The summed E-state index contributed by atoms with van der Waals surface area (Å²) in [5.41, 5.74) is 7.25. The van der Waals surface area contributed by atoms with Gasteiger partial charge in [-0.1, -0.05) is 18.9 Å². The zero-order chi connectivity index (χ0) is 15.2. The van der Waals surface area contributed by atoms with E-state index in [1.54, 1.807) is 6.20 Å². The van der Waals surface area contributed by atoms with Crippen LogP contribution in [0.4, 0.5) is 0 Å². The van der Waals surface area contributed by atoms with Crippen LogP contribution in [0, 0.1) is 5.92 Å². The highest BCUT2D eigenvalue weighted by Crippen LogP contribution is 2.26. The quantitative estimate of drug-likeness (QED) is 0.906. The molecule has 1 heterocycles. The van der Waals surface area contributed by atoms with Gasteiger partial charge in [0, 0.05) is 37.4 Å². The van der Waals surface area contributed by atoms with Crippen molar-refractivity contribution >= 4 is 5.91 Å². The molecule has 2 unspecified atom stereocenters. The molecule has 1 amide bonds. The van der Waals surface area contributed by atoms with Gasteiger partial charge in [0.05, 0.1) is 0 Å². The van der Waals surface area contributed by atoms with Crippen molar-refractivity contribution in [3.63, 3.8) is 0 Å². The molecule has 0 aromatic carbocycles. The average Bonchev–Trinajstić information content (AvgIpc) is 2.48. The molecule has 2 rings (SSSR count). The predicted octanol–water partition coefficient (Wildman–Crippen LogP) is 2.73. The maximum absolute atomic E-state index is 12.7. The summed E-state index contributed by atoms with van der Waals surface area (Å²) in [6, 6.07) is 4.31. The average molecular weight is 289 g/mol. The van der Waals surface area contributed by atoms with E-state index >= 15 is 0 Å². The lowest BCUT2D eigenvalue weighted by Crippen LogP contribution is -2.41. The normalized spacial score (nSPS) is 22.3. The van der Waals surface area contributed by atoms with Crippen molar-refractivity contribution in [2.24, 2.45) is 11.7 Å². The lowest BCUT2D eigenvalue weighted by molar-refractivity contribution is -0.135. The van der Waals surface area contributed by atoms with E-state index in [0.717, 1.165) is 18.4 Å². The summed E-state index contributed by atoms with van der Waals surface area (Å²) in [4.78, 5) is 18.7. The summed E-state index contributed by atoms with van der Waals surface area (Å²) >= 11 is 0. The lowest BCUT2D eigenvalue weighted by atomic mass is 9.82. The zero-order valence-electron chi connectivity index (χ0n) is 13.2. The molecular formula is C17H27N3O. The van der Waals surface area contributed by atoms with Crippen LogP contribution in [0.1, 0.15) is 51.5 Å². The van der Waals surface area contributed by atoms with E-state index in [2.05, 4.69) is 18.8 Å². The second-order valence-corrected chi connectivity index (χ2v) is 6.39. The van der Waals surface area contributed by atoms with Crippen LogP contribution < -0.4 is 5.73 Å². The molecule has 116 valence electrons. The van der Waals surface area contributed by atoms with E-state index in [9.17, 15) is 4.79 Å². The van der Waals surface area contributed by atoms with Crippen molar-refractivity contribution < 1.29 is 4.79 Å². The van der Waals surface area contributed by atoms with Crippen LogP contribution in [0.5, 0.6) is 0 Å². The van der Waals surface area contributed by atoms with Crippen LogP contribution in [0.3, 0.4) is 0 Å². The van der Waals surface area contributed by atoms with Gasteiger partial charge in [0.25, 0.3) is 0 Å². The van der Waals surface area contributed by atoms with E-state index in [0.29, 0.717) is 18.9 Å². The van der Waals surface area contributed by atoms with Crippen molar-refractivity contribution in [2.75, 3.05) is 0 Å². The van der Waals surface area contributed by atoms with Crippen molar-refractivity contribution in [1.82, 2.24) is 9.88 Å². The molecule has 1 aliphatic carbocycles. The number of hydrogen-bond donors (Lipinski definition) is 1. The summed E-state index contributed by atoms with van der Waals surface area (Å²) < 4.78 is 0. The Bertz CT molecular complexity index is 447. The Labute approximate surface area is 127 Å². The molecule has 4 heteroatoms. The summed E-state index contributed by atoms with van der Waals surface area (Å²) in [5.74, 6) is 0.567. The van der Waals surface area contributed by atoms with E-state index in [1.165, 1.54) is 12.8 Å². The Morgan fingerprint density at radius 1 is 1.43 bits per heavy atom. The molecule has 2 N–H and O–H groups in total. The first-order valence-electron chi connectivity index (χ1n) is 8.02. The van der Waals surface area contributed by atoms with E-state index < -0.39 is 0 Å². The molecule has 1 aliphatic rings. The third-order valence-electron chi connectivity index (χ3n) is 4.42. The Morgan fingerprint density at radius 3 is 2.81 bits per heavy atom. The Balaban J connectivity index is 1.98. The lowest BCUT2D eigenvalue weighted by Gasteiger charge is -2.32. The molecule has 0 spiro atoms. The molecule has 0 aliphatic heterocycles. The molecular weight excluding hydrogens is 262 g/mol. The van der Waals surface area contributed by atoms with Crippen molar-refractivity contribution in [1.29, 1.82) is 0 Å². The Hall–Kier alpha value is -1.42. The van der Waals surface area contributed by atoms with Gasteiger partial charge in [0.2, 0.25) is 5.91 Å². The number of rotatable bonds is 5. The topological polar surface area (TPSA) is 59.2 Å². The SMILES string of the molecule is CC(C)N(Cc1cccnc1)C(=O)CC1CCCCC1N. The van der Waals surface area contributed by atoms with Gasteiger partial charge in [-0.25, -0.2) is 0 Å². The van der Waals surface area contributed by atoms with Gasteiger partial charge < -0.3 is 10.6 Å². The molecule has 0 saturated heterocycles. The molecule has 0 bridgehead atoms. The summed E-state index contributed by atoms with van der Waals surface area (Å²) in [7, 11) is 0. The minimum absolute atomic E-state index is 0.190.